The molecule has 126 valence electrons. The summed E-state index contributed by atoms with van der Waals surface area (Å²) in [7, 11) is 1.56. The van der Waals surface area contributed by atoms with Gasteiger partial charge in [-0.3, -0.25) is 4.79 Å². The Hall–Kier alpha value is -1.95. The molecule has 0 radical (unpaired) electrons. The van der Waals surface area contributed by atoms with Crippen LogP contribution in [0.2, 0.25) is 5.02 Å². The van der Waals surface area contributed by atoms with Crippen molar-refractivity contribution in [3.05, 3.63) is 64.0 Å². The Morgan fingerprint density at radius 2 is 2.04 bits per heavy atom. The number of rotatable bonds is 3. The van der Waals surface area contributed by atoms with Gasteiger partial charge in [0.2, 0.25) is 0 Å². The molecular formula is C19H14ClNO2S2. The number of ether oxygens (including phenoxy) is 1. The second-order valence-corrected chi connectivity index (χ2v) is 8.03. The smallest absolute Gasteiger partial charge is 0.265 e. The molecule has 3 nitrogen and oxygen atoms in total. The molecule has 1 aromatic heterocycles. The van der Waals surface area contributed by atoms with Gasteiger partial charge in [-0.1, -0.05) is 29.8 Å². The van der Waals surface area contributed by atoms with Crippen molar-refractivity contribution in [1.82, 2.24) is 0 Å². The Bertz CT molecular complexity index is 968. The van der Waals surface area contributed by atoms with Crippen molar-refractivity contribution in [3.63, 3.8) is 0 Å². The first-order valence-electron chi connectivity index (χ1n) is 7.65. The van der Waals surface area contributed by atoms with Crippen LogP contribution in [0.5, 0.6) is 5.75 Å². The lowest BCUT2D eigenvalue weighted by Gasteiger charge is -2.14. The Morgan fingerprint density at radius 3 is 2.84 bits per heavy atom. The van der Waals surface area contributed by atoms with E-state index in [1.165, 1.54) is 32.2 Å². The number of anilines is 1. The van der Waals surface area contributed by atoms with Crippen molar-refractivity contribution in [1.29, 1.82) is 0 Å². The second-order valence-electron chi connectivity index (χ2n) is 5.55. The number of carbonyl (C=O) groups excluding carboxylic acids is 1. The summed E-state index contributed by atoms with van der Waals surface area (Å²) in [5.74, 6) is 1.35. The largest absolute Gasteiger partial charge is 0.495 e. The van der Waals surface area contributed by atoms with Gasteiger partial charge >= 0.3 is 0 Å². The van der Waals surface area contributed by atoms with Crippen molar-refractivity contribution >= 4 is 46.3 Å². The highest BCUT2D eigenvalue weighted by atomic mass is 35.5. The van der Waals surface area contributed by atoms with Crippen LogP contribution in [0.4, 0.5) is 5.69 Å². The van der Waals surface area contributed by atoms with Crippen molar-refractivity contribution in [2.75, 3.05) is 12.4 Å². The van der Waals surface area contributed by atoms with Crippen LogP contribution in [0, 0.1) is 0 Å². The SMILES string of the molecule is COc1ccc(NC(=O)c2cc3c(s2)-c2ccccc2SC3)cc1Cl. The minimum atomic E-state index is -0.122. The van der Waals surface area contributed by atoms with E-state index in [1.54, 1.807) is 25.3 Å². The highest BCUT2D eigenvalue weighted by Crippen LogP contribution is 2.45. The average molecular weight is 388 g/mol. The summed E-state index contributed by atoms with van der Waals surface area (Å²) in [4.78, 5) is 15.8. The topological polar surface area (TPSA) is 38.3 Å². The molecule has 1 amide bonds. The van der Waals surface area contributed by atoms with E-state index in [-0.39, 0.29) is 5.91 Å². The summed E-state index contributed by atoms with van der Waals surface area (Å²) < 4.78 is 5.13. The van der Waals surface area contributed by atoms with Gasteiger partial charge in [-0.15, -0.1) is 23.1 Å². The van der Waals surface area contributed by atoms with Gasteiger partial charge in [-0.05, 0) is 35.9 Å². The highest BCUT2D eigenvalue weighted by molar-refractivity contribution is 7.98. The van der Waals surface area contributed by atoms with E-state index in [9.17, 15) is 4.79 Å². The molecule has 0 atom stereocenters. The number of benzene rings is 2. The summed E-state index contributed by atoms with van der Waals surface area (Å²) in [5.41, 5.74) is 3.08. The van der Waals surface area contributed by atoms with E-state index in [0.29, 0.717) is 21.3 Å². The molecule has 1 aliphatic heterocycles. The highest BCUT2D eigenvalue weighted by Gasteiger charge is 2.22. The number of hydrogen-bond donors (Lipinski definition) is 1. The van der Waals surface area contributed by atoms with E-state index < -0.39 is 0 Å². The Balaban J connectivity index is 1.60. The predicted octanol–water partition coefficient (Wildman–Crippen LogP) is 5.94. The van der Waals surface area contributed by atoms with Crippen molar-refractivity contribution in [2.45, 2.75) is 10.6 Å². The quantitative estimate of drug-likeness (QED) is 0.604. The number of thiophene rings is 1. The second kappa shape index (κ2) is 6.75. The fourth-order valence-electron chi connectivity index (χ4n) is 2.75. The lowest BCUT2D eigenvalue weighted by atomic mass is 10.1. The summed E-state index contributed by atoms with van der Waals surface area (Å²) in [6.45, 7) is 0. The Labute approximate surface area is 159 Å². The normalized spacial score (nSPS) is 12.2. The van der Waals surface area contributed by atoms with Crippen LogP contribution in [0.3, 0.4) is 0 Å². The molecule has 25 heavy (non-hydrogen) atoms. The standard InChI is InChI=1S/C19H14ClNO2S2/c1-23-15-7-6-12(9-14(15)20)21-19(22)17-8-11-10-24-16-5-3-2-4-13(16)18(11)25-17/h2-9H,10H2,1H3,(H,21,22). The Morgan fingerprint density at radius 1 is 1.20 bits per heavy atom. The van der Waals surface area contributed by atoms with E-state index in [1.807, 2.05) is 30.0 Å². The number of nitrogens with one attached hydrogen (secondary N) is 1. The zero-order chi connectivity index (χ0) is 17.4. The molecule has 0 unspecified atom stereocenters. The van der Waals surface area contributed by atoms with Crippen LogP contribution in [-0.4, -0.2) is 13.0 Å². The molecule has 1 N–H and O–H groups in total. The monoisotopic (exact) mass is 387 g/mol. The van der Waals surface area contributed by atoms with Crippen molar-refractivity contribution in [3.8, 4) is 16.2 Å². The van der Waals surface area contributed by atoms with Crippen LogP contribution in [0.25, 0.3) is 10.4 Å². The number of fused-ring (bicyclic) bond motifs is 3. The van der Waals surface area contributed by atoms with Gasteiger partial charge in [0.15, 0.2) is 0 Å². The van der Waals surface area contributed by atoms with Crippen LogP contribution < -0.4 is 10.1 Å². The number of carbonyl (C=O) groups is 1. The molecule has 0 bridgehead atoms. The maximum Gasteiger partial charge on any atom is 0.265 e. The van der Waals surface area contributed by atoms with Gasteiger partial charge in [0, 0.05) is 26.8 Å². The molecule has 0 saturated carbocycles. The third-order valence-corrected chi connectivity index (χ3v) is 6.58. The molecule has 4 rings (SSSR count). The van der Waals surface area contributed by atoms with Gasteiger partial charge in [0.05, 0.1) is 17.0 Å². The number of amides is 1. The zero-order valence-corrected chi connectivity index (χ0v) is 15.7. The van der Waals surface area contributed by atoms with E-state index >= 15 is 0 Å². The summed E-state index contributed by atoms with van der Waals surface area (Å²) >= 11 is 9.47. The first-order chi connectivity index (χ1) is 12.2. The molecule has 2 heterocycles. The van der Waals surface area contributed by atoms with Crippen molar-refractivity contribution < 1.29 is 9.53 Å². The molecule has 0 spiro atoms. The lowest BCUT2D eigenvalue weighted by Crippen LogP contribution is -2.10. The minimum Gasteiger partial charge on any atom is -0.495 e. The molecule has 0 aliphatic carbocycles. The van der Waals surface area contributed by atoms with Gasteiger partial charge < -0.3 is 10.1 Å². The van der Waals surface area contributed by atoms with Gasteiger partial charge in [-0.2, -0.15) is 0 Å². The van der Waals surface area contributed by atoms with E-state index in [0.717, 1.165) is 5.75 Å². The zero-order valence-electron chi connectivity index (χ0n) is 13.3. The number of hydrogen-bond acceptors (Lipinski definition) is 4. The Kier molecular flexibility index (Phi) is 4.46. The molecular weight excluding hydrogens is 374 g/mol. The van der Waals surface area contributed by atoms with Gasteiger partial charge in [-0.25, -0.2) is 0 Å². The van der Waals surface area contributed by atoms with Crippen LogP contribution >= 0.6 is 34.7 Å². The summed E-state index contributed by atoms with van der Waals surface area (Å²) in [5, 5.41) is 3.38. The molecule has 1 aliphatic rings. The molecule has 0 saturated heterocycles. The fraction of sp³-hybridized carbons (Fsp3) is 0.105. The minimum absolute atomic E-state index is 0.122. The number of thioether (sulfide) groups is 1. The predicted molar refractivity (Wildman–Crippen MR) is 105 cm³/mol. The molecule has 6 heteroatoms. The molecule has 2 aromatic carbocycles. The fourth-order valence-corrected chi connectivity index (χ4v) is 5.32. The summed E-state index contributed by atoms with van der Waals surface area (Å²) in [6, 6.07) is 15.5. The number of methoxy groups -OCH3 is 1. The van der Waals surface area contributed by atoms with Gasteiger partial charge in [0.25, 0.3) is 5.91 Å². The summed E-state index contributed by atoms with van der Waals surface area (Å²) in [6.07, 6.45) is 0. The maximum atomic E-state index is 12.6. The third-order valence-electron chi connectivity index (χ3n) is 3.96. The third kappa shape index (κ3) is 3.15. The molecule has 0 fully saturated rings. The van der Waals surface area contributed by atoms with Crippen molar-refractivity contribution in [2.24, 2.45) is 0 Å². The molecule has 3 aromatic rings. The van der Waals surface area contributed by atoms with Gasteiger partial charge in [0.1, 0.15) is 5.75 Å². The van der Waals surface area contributed by atoms with Crippen LogP contribution in [-0.2, 0) is 5.75 Å². The average Bonchev–Trinajstić information content (AvgIpc) is 3.07. The maximum absolute atomic E-state index is 12.6. The van der Waals surface area contributed by atoms with E-state index in [4.69, 9.17) is 16.3 Å². The van der Waals surface area contributed by atoms with Crippen LogP contribution in [0.15, 0.2) is 53.4 Å². The van der Waals surface area contributed by atoms with Crippen LogP contribution in [0.1, 0.15) is 15.2 Å². The first kappa shape index (κ1) is 16.5. The number of halogens is 1. The first-order valence-corrected chi connectivity index (χ1v) is 9.83. The lowest BCUT2D eigenvalue weighted by molar-refractivity contribution is 0.103. The van der Waals surface area contributed by atoms with E-state index in [2.05, 4.69) is 17.4 Å².